The minimum atomic E-state index is -0.00302. The molecule has 1 aromatic rings. The average molecular weight is 284 g/mol. The van der Waals surface area contributed by atoms with E-state index in [1.54, 1.807) is 25.3 Å². The molecule has 1 saturated heterocycles. The van der Waals surface area contributed by atoms with Crippen LogP contribution in [0.5, 0.6) is 5.75 Å². The second-order valence-corrected chi connectivity index (χ2v) is 5.09. The summed E-state index contributed by atoms with van der Waals surface area (Å²) in [6.45, 7) is 1.49. The first-order valence-corrected chi connectivity index (χ1v) is 6.78. The third-order valence-corrected chi connectivity index (χ3v) is 3.46. The molecule has 1 aliphatic rings. The number of hydrogen-bond acceptors (Lipinski definition) is 3. The fraction of sp³-hybridized carbons (Fsp3) is 0.500. The van der Waals surface area contributed by atoms with Gasteiger partial charge in [-0.15, -0.1) is 0 Å². The minimum Gasteiger partial charge on any atom is -0.495 e. The maximum Gasteiger partial charge on any atom is 0.224 e. The minimum absolute atomic E-state index is 0.00302. The zero-order valence-electron chi connectivity index (χ0n) is 10.9. The maximum absolute atomic E-state index is 11.9. The summed E-state index contributed by atoms with van der Waals surface area (Å²) < 4.78 is 10.4. The van der Waals surface area contributed by atoms with Crippen LogP contribution in [0, 0.1) is 5.92 Å². The predicted molar refractivity (Wildman–Crippen MR) is 74.8 cm³/mol. The zero-order chi connectivity index (χ0) is 13.7. The van der Waals surface area contributed by atoms with Crippen LogP contribution < -0.4 is 10.1 Å². The van der Waals surface area contributed by atoms with Gasteiger partial charge in [0, 0.05) is 25.3 Å². The molecule has 19 heavy (non-hydrogen) atoms. The van der Waals surface area contributed by atoms with Crippen LogP contribution in [0.3, 0.4) is 0 Å². The van der Waals surface area contributed by atoms with Gasteiger partial charge in [-0.25, -0.2) is 0 Å². The lowest BCUT2D eigenvalue weighted by molar-refractivity contribution is -0.118. The van der Waals surface area contributed by atoms with E-state index in [1.807, 2.05) is 0 Å². The van der Waals surface area contributed by atoms with Gasteiger partial charge < -0.3 is 14.8 Å². The first-order valence-electron chi connectivity index (χ1n) is 6.40. The number of amides is 1. The van der Waals surface area contributed by atoms with E-state index in [9.17, 15) is 4.79 Å². The molecule has 0 radical (unpaired) electrons. The summed E-state index contributed by atoms with van der Waals surface area (Å²) in [6.07, 6.45) is 2.58. The van der Waals surface area contributed by atoms with Crippen molar-refractivity contribution in [3.05, 3.63) is 23.2 Å². The lowest BCUT2D eigenvalue weighted by atomic mass is 9.98. The highest BCUT2D eigenvalue weighted by atomic mass is 35.5. The van der Waals surface area contributed by atoms with Gasteiger partial charge in [-0.3, -0.25) is 4.79 Å². The Morgan fingerprint density at radius 2 is 2.42 bits per heavy atom. The largest absolute Gasteiger partial charge is 0.495 e. The summed E-state index contributed by atoms with van der Waals surface area (Å²) >= 11 is 6.01. The van der Waals surface area contributed by atoms with Crippen molar-refractivity contribution in [1.82, 2.24) is 0 Å². The second kappa shape index (κ2) is 6.78. The molecular formula is C14H18ClNO3. The van der Waals surface area contributed by atoms with Gasteiger partial charge in [-0.05, 0) is 37.0 Å². The van der Waals surface area contributed by atoms with Crippen molar-refractivity contribution in [2.45, 2.75) is 19.3 Å². The molecule has 0 aliphatic carbocycles. The first-order chi connectivity index (χ1) is 9.19. The van der Waals surface area contributed by atoms with Gasteiger partial charge in [0.2, 0.25) is 5.91 Å². The monoisotopic (exact) mass is 283 g/mol. The Morgan fingerprint density at radius 1 is 1.58 bits per heavy atom. The fourth-order valence-corrected chi connectivity index (χ4v) is 2.44. The molecule has 1 N–H and O–H groups in total. The smallest absolute Gasteiger partial charge is 0.224 e. The summed E-state index contributed by atoms with van der Waals surface area (Å²) in [6, 6.07) is 5.21. The number of halogens is 1. The highest BCUT2D eigenvalue weighted by Crippen LogP contribution is 2.27. The summed E-state index contributed by atoms with van der Waals surface area (Å²) in [5, 5.41) is 3.33. The molecule has 0 aromatic heterocycles. The topological polar surface area (TPSA) is 47.6 Å². The average Bonchev–Trinajstić information content (AvgIpc) is 2.40. The Labute approximate surface area is 118 Å². The maximum atomic E-state index is 11.9. The molecule has 1 atom stereocenters. The van der Waals surface area contributed by atoms with E-state index in [2.05, 4.69) is 5.32 Å². The molecule has 1 aliphatic heterocycles. The zero-order valence-corrected chi connectivity index (χ0v) is 11.7. The first kappa shape index (κ1) is 14.2. The number of carbonyl (C=O) groups excluding carboxylic acids is 1. The molecule has 0 saturated carbocycles. The van der Waals surface area contributed by atoms with Crippen molar-refractivity contribution in [2.24, 2.45) is 5.92 Å². The van der Waals surface area contributed by atoms with Crippen molar-refractivity contribution in [3.8, 4) is 5.75 Å². The van der Waals surface area contributed by atoms with Crippen LogP contribution in [0.25, 0.3) is 0 Å². The number of methoxy groups -OCH3 is 1. The van der Waals surface area contributed by atoms with E-state index in [1.165, 1.54) is 0 Å². The number of hydrogen-bond donors (Lipinski definition) is 1. The van der Waals surface area contributed by atoms with E-state index in [-0.39, 0.29) is 5.91 Å². The Balaban J connectivity index is 1.89. The lowest BCUT2D eigenvalue weighted by Gasteiger charge is -2.21. The molecule has 2 rings (SSSR count). The van der Waals surface area contributed by atoms with Crippen LogP contribution in [0.2, 0.25) is 5.02 Å². The van der Waals surface area contributed by atoms with Crippen LogP contribution in [0.15, 0.2) is 18.2 Å². The van der Waals surface area contributed by atoms with Crippen LogP contribution >= 0.6 is 11.6 Å². The molecule has 0 spiro atoms. The molecule has 1 unspecified atom stereocenters. The molecule has 104 valence electrons. The molecule has 1 fully saturated rings. The van der Waals surface area contributed by atoms with Gasteiger partial charge in [-0.1, -0.05) is 11.6 Å². The van der Waals surface area contributed by atoms with Gasteiger partial charge in [-0.2, -0.15) is 0 Å². The number of carbonyl (C=O) groups is 1. The standard InChI is InChI=1S/C14H18ClNO3/c1-18-13-5-4-11(8-12(13)15)16-14(17)7-10-3-2-6-19-9-10/h4-5,8,10H,2-3,6-7,9H2,1H3,(H,16,17). The predicted octanol–water partition coefficient (Wildman–Crippen LogP) is 3.10. The Morgan fingerprint density at radius 3 is 3.05 bits per heavy atom. The van der Waals surface area contributed by atoms with Crippen molar-refractivity contribution in [1.29, 1.82) is 0 Å². The summed E-state index contributed by atoms with van der Waals surface area (Å²) in [5.41, 5.74) is 0.688. The summed E-state index contributed by atoms with van der Waals surface area (Å²) in [4.78, 5) is 11.9. The van der Waals surface area contributed by atoms with Gasteiger partial charge in [0.05, 0.1) is 12.1 Å². The molecule has 1 amide bonds. The highest BCUT2D eigenvalue weighted by Gasteiger charge is 2.17. The highest BCUT2D eigenvalue weighted by molar-refractivity contribution is 6.32. The number of ether oxygens (including phenoxy) is 2. The van der Waals surface area contributed by atoms with E-state index < -0.39 is 0 Å². The van der Waals surface area contributed by atoms with E-state index in [4.69, 9.17) is 21.1 Å². The number of anilines is 1. The SMILES string of the molecule is COc1ccc(NC(=O)CC2CCCOC2)cc1Cl. The molecule has 1 heterocycles. The number of rotatable bonds is 4. The van der Waals surface area contributed by atoms with Crippen molar-refractivity contribution in [2.75, 3.05) is 25.6 Å². The Bertz CT molecular complexity index is 444. The fourth-order valence-electron chi connectivity index (χ4n) is 2.19. The Kier molecular flexibility index (Phi) is 5.05. The molecule has 4 nitrogen and oxygen atoms in total. The molecular weight excluding hydrogens is 266 g/mol. The van der Waals surface area contributed by atoms with Gasteiger partial charge in [0.15, 0.2) is 0 Å². The van der Waals surface area contributed by atoms with Gasteiger partial charge in [0.1, 0.15) is 5.75 Å². The van der Waals surface area contributed by atoms with Crippen LogP contribution in [-0.4, -0.2) is 26.2 Å². The third kappa shape index (κ3) is 4.11. The van der Waals surface area contributed by atoms with Crippen molar-refractivity contribution in [3.63, 3.8) is 0 Å². The van der Waals surface area contributed by atoms with E-state index >= 15 is 0 Å². The van der Waals surface area contributed by atoms with E-state index in [0.29, 0.717) is 35.4 Å². The summed E-state index contributed by atoms with van der Waals surface area (Å²) in [7, 11) is 1.56. The molecule has 5 heteroatoms. The third-order valence-electron chi connectivity index (χ3n) is 3.16. The lowest BCUT2D eigenvalue weighted by Crippen LogP contribution is -2.23. The number of benzene rings is 1. The molecule has 0 bridgehead atoms. The van der Waals surface area contributed by atoms with Crippen LogP contribution in [0.4, 0.5) is 5.69 Å². The van der Waals surface area contributed by atoms with E-state index in [0.717, 1.165) is 19.4 Å². The van der Waals surface area contributed by atoms with Crippen LogP contribution in [-0.2, 0) is 9.53 Å². The van der Waals surface area contributed by atoms with Crippen LogP contribution in [0.1, 0.15) is 19.3 Å². The number of nitrogens with one attached hydrogen (secondary N) is 1. The second-order valence-electron chi connectivity index (χ2n) is 4.68. The quantitative estimate of drug-likeness (QED) is 0.924. The van der Waals surface area contributed by atoms with Gasteiger partial charge >= 0.3 is 0 Å². The van der Waals surface area contributed by atoms with Gasteiger partial charge in [0.25, 0.3) is 0 Å². The molecule has 1 aromatic carbocycles. The van der Waals surface area contributed by atoms with Crippen molar-refractivity contribution < 1.29 is 14.3 Å². The normalized spacial score (nSPS) is 18.9. The Hall–Kier alpha value is -1.26. The summed E-state index contributed by atoms with van der Waals surface area (Å²) in [5.74, 6) is 0.916. The van der Waals surface area contributed by atoms with Crippen molar-refractivity contribution >= 4 is 23.2 Å².